The second kappa shape index (κ2) is 8.09. The minimum Gasteiger partial charge on any atom is -0.497 e. The lowest BCUT2D eigenvalue weighted by molar-refractivity contribution is -0.137. The van der Waals surface area contributed by atoms with Crippen molar-refractivity contribution in [2.75, 3.05) is 23.0 Å². The van der Waals surface area contributed by atoms with Crippen molar-refractivity contribution in [2.24, 2.45) is 0 Å². The van der Waals surface area contributed by atoms with Crippen LogP contribution in [-0.2, 0) is 21.0 Å². The highest BCUT2D eigenvalue weighted by atomic mass is 32.2. The topological polar surface area (TPSA) is 75.7 Å². The van der Waals surface area contributed by atoms with Gasteiger partial charge < -0.3 is 10.1 Å². The Morgan fingerprint density at radius 2 is 1.75 bits per heavy atom. The van der Waals surface area contributed by atoms with Crippen LogP contribution in [0.25, 0.3) is 0 Å². The van der Waals surface area contributed by atoms with Crippen LogP contribution in [0.3, 0.4) is 0 Å². The highest BCUT2D eigenvalue weighted by Crippen LogP contribution is 2.33. The van der Waals surface area contributed by atoms with Gasteiger partial charge in [0.05, 0.1) is 24.6 Å². The Morgan fingerprint density at radius 3 is 2.25 bits per heavy atom. The van der Waals surface area contributed by atoms with Gasteiger partial charge in [0.2, 0.25) is 15.9 Å². The molecule has 28 heavy (non-hydrogen) atoms. The van der Waals surface area contributed by atoms with Gasteiger partial charge in [-0.1, -0.05) is 6.07 Å². The first-order chi connectivity index (χ1) is 12.9. The van der Waals surface area contributed by atoms with E-state index in [2.05, 4.69) is 5.32 Å². The van der Waals surface area contributed by atoms with Crippen LogP contribution in [0.15, 0.2) is 48.5 Å². The summed E-state index contributed by atoms with van der Waals surface area (Å²) in [5.74, 6) is -0.138. The number of ether oxygens (including phenoxy) is 1. The lowest BCUT2D eigenvalue weighted by Gasteiger charge is -2.28. The molecule has 0 fully saturated rings. The molecule has 0 spiro atoms. The van der Waals surface area contributed by atoms with Crippen molar-refractivity contribution in [1.29, 1.82) is 0 Å². The molecule has 6 nitrogen and oxygen atoms in total. The molecule has 1 amide bonds. The first-order valence-corrected chi connectivity index (χ1v) is 9.90. The van der Waals surface area contributed by atoms with Crippen molar-refractivity contribution in [3.63, 3.8) is 0 Å². The summed E-state index contributed by atoms with van der Waals surface area (Å²) in [4.78, 5) is 12.5. The van der Waals surface area contributed by atoms with E-state index in [4.69, 9.17) is 4.74 Å². The fourth-order valence-corrected chi connectivity index (χ4v) is 3.72. The predicted molar refractivity (Wildman–Crippen MR) is 99.9 cm³/mol. The monoisotopic (exact) mass is 416 g/mol. The molecule has 0 radical (unpaired) electrons. The molecule has 152 valence electrons. The quantitative estimate of drug-likeness (QED) is 0.782. The van der Waals surface area contributed by atoms with Crippen LogP contribution in [0.4, 0.5) is 24.5 Å². The maximum atomic E-state index is 13.0. The number of anilines is 2. The number of carbonyl (C=O) groups is 1. The summed E-state index contributed by atoms with van der Waals surface area (Å²) in [6, 6.07) is 8.82. The summed E-state index contributed by atoms with van der Waals surface area (Å²) in [7, 11) is -2.56. The molecular formula is C18H19F3N2O4S. The molecule has 2 aromatic carbocycles. The third-order valence-electron chi connectivity index (χ3n) is 3.87. The van der Waals surface area contributed by atoms with E-state index in [1.54, 1.807) is 24.3 Å². The molecule has 2 rings (SSSR count). The zero-order valence-corrected chi connectivity index (χ0v) is 16.1. The lowest BCUT2D eigenvalue weighted by atomic mass is 10.1. The molecule has 0 heterocycles. The summed E-state index contributed by atoms with van der Waals surface area (Å²) >= 11 is 0. The van der Waals surface area contributed by atoms with E-state index >= 15 is 0 Å². The summed E-state index contributed by atoms with van der Waals surface area (Å²) < 4.78 is 69.0. The number of hydrogen-bond donors (Lipinski definition) is 1. The Balaban J connectivity index is 2.33. The molecule has 0 aromatic heterocycles. The average molecular weight is 416 g/mol. The van der Waals surface area contributed by atoms with Crippen LogP contribution in [0.1, 0.15) is 12.5 Å². The van der Waals surface area contributed by atoms with Crippen LogP contribution in [0.5, 0.6) is 5.75 Å². The van der Waals surface area contributed by atoms with Gasteiger partial charge in [-0.3, -0.25) is 9.10 Å². The molecule has 10 heteroatoms. The van der Waals surface area contributed by atoms with Gasteiger partial charge in [-0.15, -0.1) is 0 Å². The van der Waals surface area contributed by atoms with Gasteiger partial charge in [-0.05, 0) is 49.4 Å². The van der Waals surface area contributed by atoms with Crippen LogP contribution in [0.2, 0.25) is 0 Å². The van der Waals surface area contributed by atoms with Crippen molar-refractivity contribution in [3.8, 4) is 5.75 Å². The van der Waals surface area contributed by atoms with Crippen LogP contribution >= 0.6 is 0 Å². The summed E-state index contributed by atoms with van der Waals surface area (Å²) in [6.45, 7) is 1.29. The van der Waals surface area contributed by atoms with Gasteiger partial charge in [0.25, 0.3) is 0 Å². The fourth-order valence-electron chi connectivity index (χ4n) is 2.55. The molecule has 0 aliphatic heterocycles. The number of methoxy groups -OCH3 is 1. The molecule has 1 unspecified atom stereocenters. The molecule has 0 aliphatic rings. The Labute approximate surface area is 161 Å². The Kier molecular flexibility index (Phi) is 6.23. The number of amides is 1. The van der Waals surface area contributed by atoms with Crippen molar-refractivity contribution in [2.45, 2.75) is 19.1 Å². The fraction of sp³-hybridized carbons (Fsp3) is 0.278. The summed E-state index contributed by atoms with van der Waals surface area (Å²) in [6.07, 6.45) is -3.82. The number of halogens is 3. The van der Waals surface area contributed by atoms with Gasteiger partial charge in [0, 0.05) is 5.69 Å². The maximum Gasteiger partial charge on any atom is 0.416 e. The van der Waals surface area contributed by atoms with E-state index < -0.39 is 33.7 Å². The second-order valence-corrected chi connectivity index (χ2v) is 7.86. The summed E-state index contributed by atoms with van der Waals surface area (Å²) in [5.41, 5.74) is -0.883. The minimum absolute atomic E-state index is 0.255. The Hall–Kier alpha value is -2.75. The smallest absolute Gasteiger partial charge is 0.416 e. The van der Waals surface area contributed by atoms with Gasteiger partial charge in [0.1, 0.15) is 11.8 Å². The zero-order chi connectivity index (χ0) is 21.1. The first kappa shape index (κ1) is 21.5. The van der Waals surface area contributed by atoms with E-state index in [-0.39, 0.29) is 5.69 Å². The van der Waals surface area contributed by atoms with E-state index in [0.29, 0.717) is 21.8 Å². The number of rotatable bonds is 6. The number of nitrogens with one attached hydrogen (secondary N) is 1. The van der Waals surface area contributed by atoms with Gasteiger partial charge in [0.15, 0.2) is 0 Å². The van der Waals surface area contributed by atoms with Crippen molar-refractivity contribution >= 4 is 27.3 Å². The van der Waals surface area contributed by atoms with E-state index in [1.165, 1.54) is 20.1 Å². The molecule has 2 aromatic rings. The van der Waals surface area contributed by atoms with E-state index in [1.807, 2.05) is 0 Å². The molecular weight excluding hydrogens is 397 g/mol. The first-order valence-electron chi connectivity index (χ1n) is 8.05. The Bertz CT molecular complexity index is 944. The van der Waals surface area contributed by atoms with Crippen LogP contribution in [-0.4, -0.2) is 33.7 Å². The number of sulfonamides is 1. The molecule has 0 saturated carbocycles. The molecule has 1 N–H and O–H groups in total. The molecule has 0 aliphatic carbocycles. The van der Waals surface area contributed by atoms with E-state index in [9.17, 15) is 26.4 Å². The lowest BCUT2D eigenvalue weighted by Crippen LogP contribution is -2.45. The van der Waals surface area contributed by atoms with Crippen molar-refractivity contribution < 1.29 is 31.1 Å². The number of nitrogens with zero attached hydrogens (tertiary/aromatic N) is 1. The van der Waals surface area contributed by atoms with Crippen molar-refractivity contribution in [1.82, 2.24) is 0 Å². The molecule has 1 atom stereocenters. The molecule has 0 saturated heterocycles. The standard InChI is InChI=1S/C18H19F3N2O4S/c1-12(17(24)22-14-7-9-16(27-2)10-8-14)23(28(3,25)26)15-6-4-5-13(11-15)18(19,20)21/h4-12H,1-3H3,(H,22,24). The highest BCUT2D eigenvalue weighted by molar-refractivity contribution is 7.92. The largest absolute Gasteiger partial charge is 0.497 e. The average Bonchev–Trinajstić information content (AvgIpc) is 2.60. The van der Waals surface area contributed by atoms with Gasteiger partial charge in [-0.2, -0.15) is 13.2 Å². The molecule has 0 bridgehead atoms. The van der Waals surface area contributed by atoms with Gasteiger partial charge in [-0.25, -0.2) is 8.42 Å². The summed E-state index contributed by atoms with van der Waals surface area (Å²) in [5, 5.41) is 2.54. The number of hydrogen-bond acceptors (Lipinski definition) is 4. The third-order valence-corrected chi connectivity index (χ3v) is 5.12. The number of carbonyl (C=O) groups excluding carboxylic acids is 1. The number of alkyl halides is 3. The van der Waals surface area contributed by atoms with Crippen molar-refractivity contribution in [3.05, 3.63) is 54.1 Å². The SMILES string of the molecule is COc1ccc(NC(=O)C(C)N(c2cccc(C(F)(F)F)c2)S(C)(=O)=O)cc1. The predicted octanol–water partition coefficient (Wildman–Crippen LogP) is 3.51. The zero-order valence-electron chi connectivity index (χ0n) is 15.3. The van der Waals surface area contributed by atoms with Crippen LogP contribution in [0, 0.1) is 0 Å². The normalized spacial score (nSPS) is 12.9. The highest BCUT2D eigenvalue weighted by Gasteiger charge is 2.34. The second-order valence-electron chi connectivity index (χ2n) is 6.00. The Morgan fingerprint density at radius 1 is 1.14 bits per heavy atom. The van der Waals surface area contributed by atoms with Crippen LogP contribution < -0.4 is 14.4 Å². The van der Waals surface area contributed by atoms with Gasteiger partial charge >= 0.3 is 6.18 Å². The maximum absolute atomic E-state index is 13.0. The van der Waals surface area contributed by atoms with E-state index in [0.717, 1.165) is 18.4 Å². The third kappa shape index (κ3) is 5.16. The number of benzene rings is 2. The minimum atomic E-state index is -4.65.